The average Bonchev–Trinajstić information content (AvgIpc) is 3.35. The van der Waals surface area contributed by atoms with Crippen LogP contribution in [-0.4, -0.2) is 42.1 Å². The van der Waals surface area contributed by atoms with Crippen LogP contribution in [0.25, 0.3) is 10.2 Å². The molecule has 1 saturated heterocycles. The molecule has 2 fully saturated rings. The van der Waals surface area contributed by atoms with Gasteiger partial charge in [0.15, 0.2) is 0 Å². The summed E-state index contributed by atoms with van der Waals surface area (Å²) in [6.07, 6.45) is 4.07. The minimum atomic E-state index is 0.153. The maximum absolute atomic E-state index is 12.1. The highest BCUT2D eigenvalue weighted by Crippen LogP contribution is 2.34. The molecule has 2 aromatic rings. The van der Waals surface area contributed by atoms with Crippen LogP contribution in [0.3, 0.4) is 0 Å². The summed E-state index contributed by atoms with van der Waals surface area (Å²) >= 11 is 1.55. The zero-order valence-electron chi connectivity index (χ0n) is 13.2. The Hall–Kier alpha value is -1.82. The zero-order chi connectivity index (χ0) is 15.8. The molecule has 2 heterocycles. The number of aromatic nitrogens is 1. The van der Waals surface area contributed by atoms with Crippen molar-refractivity contribution < 1.29 is 14.3 Å². The quantitative estimate of drug-likeness (QED) is 0.863. The molecule has 2 aliphatic rings. The van der Waals surface area contributed by atoms with E-state index in [0.29, 0.717) is 17.0 Å². The SMILES string of the molecule is COc1ccc2nc(OC3CCN(C(=O)C4CC4)CC3)sc2c1. The molecule has 1 aromatic heterocycles. The van der Waals surface area contributed by atoms with E-state index in [9.17, 15) is 4.79 Å². The number of benzene rings is 1. The first kappa shape index (κ1) is 14.8. The van der Waals surface area contributed by atoms with Crippen molar-refractivity contribution in [1.82, 2.24) is 9.88 Å². The number of fused-ring (bicyclic) bond motifs is 1. The lowest BCUT2D eigenvalue weighted by Crippen LogP contribution is -2.42. The molecule has 1 saturated carbocycles. The molecule has 1 amide bonds. The number of methoxy groups -OCH3 is 1. The van der Waals surface area contributed by atoms with E-state index in [4.69, 9.17) is 9.47 Å². The Labute approximate surface area is 139 Å². The second-order valence-corrected chi connectivity index (χ2v) is 7.22. The largest absolute Gasteiger partial charge is 0.497 e. The summed E-state index contributed by atoms with van der Waals surface area (Å²) in [6, 6.07) is 5.85. The van der Waals surface area contributed by atoms with Gasteiger partial charge < -0.3 is 14.4 Å². The van der Waals surface area contributed by atoms with Gasteiger partial charge >= 0.3 is 0 Å². The number of piperidine rings is 1. The number of likely N-dealkylation sites (tertiary alicyclic amines) is 1. The molecule has 122 valence electrons. The lowest BCUT2D eigenvalue weighted by molar-refractivity contribution is -0.134. The first-order valence-corrected chi connectivity index (χ1v) is 8.94. The predicted octanol–water partition coefficient (Wildman–Crippen LogP) is 3.08. The van der Waals surface area contributed by atoms with Crippen molar-refractivity contribution in [2.24, 2.45) is 5.92 Å². The fourth-order valence-electron chi connectivity index (χ4n) is 2.99. The van der Waals surface area contributed by atoms with Gasteiger partial charge in [0.2, 0.25) is 5.91 Å². The van der Waals surface area contributed by atoms with Crippen molar-refractivity contribution in [3.63, 3.8) is 0 Å². The summed E-state index contributed by atoms with van der Waals surface area (Å²) in [5.74, 6) is 1.49. The van der Waals surface area contributed by atoms with E-state index < -0.39 is 0 Å². The third kappa shape index (κ3) is 3.13. The number of nitrogens with zero attached hydrogens (tertiary/aromatic N) is 2. The number of hydrogen-bond donors (Lipinski definition) is 0. The van der Waals surface area contributed by atoms with Crippen molar-refractivity contribution in [3.05, 3.63) is 18.2 Å². The van der Waals surface area contributed by atoms with Gasteiger partial charge in [-0.15, -0.1) is 0 Å². The van der Waals surface area contributed by atoms with Gasteiger partial charge in [0.1, 0.15) is 11.9 Å². The lowest BCUT2D eigenvalue weighted by Gasteiger charge is -2.31. The molecule has 0 radical (unpaired) electrons. The molecule has 5 nitrogen and oxygen atoms in total. The topological polar surface area (TPSA) is 51.7 Å². The number of thiazole rings is 1. The minimum absolute atomic E-state index is 0.153. The van der Waals surface area contributed by atoms with Crippen LogP contribution >= 0.6 is 11.3 Å². The number of hydrogen-bond acceptors (Lipinski definition) is 5. The molecule has 1 aromatic carbocycles. The number of ether oxygens (including phenoxy) is 2. The first-order valence-electron chi connectivity index (χ1n) is 8.13. The smallest absolute Gasteiger partial charge is 0.274 e. The van der Waals surface area contributed by atoms with Crippen LogP contribution < -0.4 is 9.47 Å². The monoisotopic (exact) mass is 332 g/mol. The van der Waals surface area contributed by atoms with Gasteiger partial charge in [0, 0.05) is 31.8 Å². The molecular formula is C17H20N2O3S. The summed E-state index contributed by atoms with van der Waals surface area (Å²) in [5, 5.41) is 0.709. The third-order valence-electron chi connectivity index (χ3n) is 4.52. The Bertz CT molecular complexity index is 718. The van der Waals surface area contributed by atoms with E-state index in [2.05, 4.69) is 4.98 Å². The normalized spacial score (nSPS) is 19.1. The van der Waals surface area contributed by atoms with Crippen molar-refractivity contribution in [3.8, 4) is 10.9 Å². The van der Waals surface area contributed by atoms with Gasteiger partial charge in [-0.05, 0) is 31.0 Å². The molecule has 0 N–H and O–H groups in total. The van der Waals surface area contributed by atoms with Crippen molar-refractivity contribution in [2.75, 3.05) is 20.2 Å². The third-order valence-corrected chi connectivity index (χ3v) is 5.43. The minimum Gasteiger partial charge on any atom is -0.497 e. The van der Waals surface area contributed by atoms with Crippen LogP contribution in [0, 0.1) is 5.92 Å². The Balaban J connectivity index is 1.38. The Morgan fingerprint density at radius 3 is 2.74 bits per heavy atom. The second kappa shape index (κ2) is 6.00. The molecule has 0 unspecified atom stereocenters. The highest BCUT2D eigenvalue weighted by atomic mass is 32.1. The molecular weight excluding hydrogens is 312 g/mol. The molecule has 23 heavy (non-hydrogen) atoms. The number of carbonyl (C=O) groups is 1. The Kier molecular flexibility index (Phi) is 3.85. The van der Waals surface area contributed by atoms with Crippen molar-refractivity contribution >= 4 is 27.5 Å². The van der Waals surface area contributed by atoms with E-state index in [1.165, 1.54) is 0 Å². The van der Waals surface area contributed by atoms with E-state index in [1.807, 2.05) is 23.1 Å². The maximum atomic E-state index is 12.1. The van der Waals surface area contributed by atoms with Gasteiger partial charge in [-0.25, -0.2) is 4.98 Å². The van der Waals surface area contributed by atoms with Gasteiger partial charge in [-0.1, -0.05) is 11.3 Å². The first-order chi connectivity index (χ1) is 11.2. The van der Waals surface area contributed by atoms with Crippen molar-refractivity contribution in [2.45, 2.75) is 31.8 Å². The summed E-state index contributed by atoms with van der Waals surface area (Å²) in [4.78, 5) is 18.6. The predicted molar refractivity (Wildman–Crippen MR) is 89.1 cm³/mol. The molecule has 1 aliphatic heterocycles. The van der Waals surface area contributed by atoms with Crippen LogP contribution in [0.15, 0.2) is 18.2 Å². The second-order valence-electron chi connectivity index (χ2n) is 6.23. The van der Waals surface area contributed by atoms with Gasteiger partial charge in [0.05, 0.1) is 17.3 Å². The fraction of sp³-hybridized carbons (Fsp3) is 0.529. The van der Waals surface area contributed by atoms with Crippen molar-refractivity contribution in [1.29, 1.82) is 0 Å². The molecule has 1 aliphatic carbocycles. The molecule has 0 spiro atoms. The summed E-state index contributed by atoms with van der Waals surface area (Å²) < 4.78 is 12.4. The molecule has 6 heteroatoms. The number of carbonyl (C=O) groups excluding carboxylic acids is 1. The van der Waals surface area contributed by atoms with Crippen LogP contribution in [0.2, 0.25) is 0 Å². The van der Waals surface area contributed by atoms with E-state index >= 15 is 0 Å². The summed E-state index contributed by atoms with van der Waals surface area (Å²) in [7, 11) is 1.66. The molecule has 4 rings (SSSR count). The van der Waals surface area contributed by atoms with Crippen LogP contribution in [-0.2, 0) is 4.79 Å². The van der Waals surface area contributed by atoms with Crippen LogP contribution in [0.4, 0.5) is 0 Å². The Morgan fingerprint density at radius 2 is 2.04 bits per heavy atom. The highest BCUT2D eigenvalue weighted by Gasteiger charge is 2.35. The Morgan fingerprint density at radius 1 is 1.26 bits per heavy atom. The average molecular weight is 332 g/mol. The fourth-order valence-corrected chi connectivity index (χ4v) is 3.90. The summed E-state index contributed by atoms with van der Waals surface area (Å²) in [6.45, 7) is 1.61. The highest BCUT2D eigenvalue weighted by molar-refractivity contribution is 7.20. The van der Waals surface area contributed by atoms with Gasteiger partial charge in [0.25, 0.3) is 5.19 Å². The van der Waals surface area contributed by atoms with E-state index in [0.717, 1.165) is 54.7 Å². The van der Waals surface area contributed by atoms with E-state index in [1.54, 1.807) is 18.4 Å². The summed E-state index contributed by atoms with van der Waals surface area (Å²) in [5.41, 5.74) is 0.937. The molecule has 0 atom stereocenters. The van der Waals surface area contributed by atoms with Gasteiger partial charge in [-0.3, -0.25) is 4.79 Å². The number of rotatable bonds is 4. The number of amides is 1. The molecule has 0 bridgehead atoms. The van der Waals surface area contributed by atoms with E-state index in [-0.39, 0.29) is 6.10 Å². The standard InChI is InChI=1S/C17H20N2O3S/c1-21-13-4-5-14-15(10-13)23-17(18-14)22-12-6-8-19(9-7-12)16(20)11-2-3-11/h4-5,10-12H,2-3,6-9H2,1H3. The van der Waals surface area contributed by atoms with Crippen LogP contribution in [0.1, 0.15) is 25.7 Å². The maximum Gasteiger partial charge on any atom is 0.274 e. The van der Waals surface area contributed by atoms with Gasteiger partial charge in [-0.2, -0.15) is 0 Å². The zero-order valence-corrected chi connectivity index (χ0v) is 14.0. The van der Waals surface area contributed by atoms with Crippen LogP contribution in [0.5, 0.6) is 10.9 Å². The lowest BCUT2D eigenvalue weighted by atomic mass is 10.1.